The summed E-state index contributed by atoms with van der Waals surface area (Å²) in [5.74, 6) is 0.837. The number of carbonyl (C=O) groups is 1. The summed E-state index contributed by atoms with van der Waals surface area (Å²) < 4.78 is 5.13. The fraction of sp³-hybridized carbons (Fsp3) is 0.400. The lowest BCUT2D eigenvalue weighted by atomic mass is 10.4. The molecule has 1 amide bonds. The van der Waals surface area contributed by atoms with E-state index < -0.39 is 0 Å². The molecule has 1 aliphatic rings. The number of amides is 1. The van der Waals surface area contributed by atoms with E-state index in [0.717, 1.165) is 12.8 Å². The van der Waals surface area contributed by atoms with E-state index in [1.54, 1.807) is 12.1 Å². The average molecular weight is 233 g/mol. The van der Waals surface area contributed by atoms with E-state index in [-0.39, 0.29) is 12.5 Å². The number of hydrogen-bond acceptors (Lipinski definition) is 5. The number of hydrogen-bond donors (Lipinski definition) is 1. The van der Waals surface area contributed by atoms with Gasteiger partial charge >= 0.3 is 0 Å². The van der Waals surface area contributed by atoms with Crippen molar-refractivity contribution in [2.24, 2.45) is 0 Å². The van der Waals surface area contributed by atoms with Crippen molar-refractivity contribution in [3.05, 3.63) is 18.4 Å². The van der Waals surface area contributed by atoms with Crippen molar-refractivity contribution in [3.8, 4) is 11.6 Å². The third-order valence-electron chi connectivity index (χ3n) is 2.42. The van der Waals surface area contributed by atoms with Crippen molar-refractivity contribution in [1.82, 2.24) is 25.5 Å². The largest absolute Gasteiger partial charge is 0.461 e. The minimum Gasteiger partial charge on any atom is -0.461 e. The number of carbonyl (C=O) groups excluding carboxylic acids is 1. The first-order chi connectivity index (χ1) is 8.31. The Hall–Kier alpha value is -2.18. The summed E-state index contributed by atoms with van der Waals surface area (Å²) in [6.07, 6.45) is 3.66. The van der Waals surface area contributed by atoms with Crippen LogP contribution in [0.5, 0.6) is 0 Å². The lowest BCUT2D eigenvalue weighted by Gasteiger charge is -2.00. The zero-order valence-electron chi connectivity index (χ0n) is 9.04. The van der Waals surface area contributed by atoms with E-state index >= 15 is 0 Å². The second kappa shape index (κ2) is 4.00. The van der Waals surface area contributed by atoms with Gasteiger partial charge in [-0.2, -0.15) is 4.80 Å². The van der Waals surface area contributed by atoms with Crippen LogP contribution < -0.4 is 5.32 Å². The molecule has 1 N–H and O–H groups in total. The Labute approximate surface area is 96.8 Å². The number of rotatable bonds is 4. The Bertz CT molecular complexity index is 515. The summed E-state index contributed by atoms with van der Waals surface area (Å²) in [6, 6.07) is 3.83. The molecule has 2 aromatic rings. The lowest BCUT2D eigenvalue weighted by Crippen LogP contribution is -2.30. The fourth-order valence-electron chi connectivity index (χ4n) is 1.44. The van der Waals surface area contributed by atoms with Gasteiger partial charge in [-0.25, -0.2) is 0 Å². The normalized spacial score (nSPS) is 14.8. The smallest absolute Gasteiger partial charge is 0.243 e. The number of tetrazole rings is 1. The van der Waals surface area contributed by atoms with Crippen LogP contribution in [0.4, 0.5) is 0 Å². The molecule has 0 aromatic carbocycles. The van der Waals surface area contributed by atoms with Gasteiger partial charge in [-0.1, -0.05) is 0 Å². The molecule has 1 aliphatic carbocycles. The Balaban J connectivity index is 1.65. The van der Waals surface area contributed by atoms with Gasteiger partial charge in [-0.15, -0.1) is 10.2 Å². The minimum atomic E-state index is -0.0871. The van der Waals surface area contributed by atoms with Crippen molar-refractivity contribution >= 4 is 5.91 Å². The van der Waals surface area contributed by atoms with Crippen LogP contribution in [0.2, 0.25) is 0 Å². The molecule has 17 heavy (non-hydrogen) atoms. The zero-order chi connectivity index (χ0) is 11.7. The van der Waals surface area contributed by atoms with E-state index in [1.165, 1.54) is 11.1 Å². The highest BCUT2D eigenvalue weighted by atomic mass is 16.3. The number of nitrogens with one attached hydrogen (secondary N) is 1. The number of nitrogens with zero attached hydrogens (tertiary/aromatic N) is 4. The van der Waals surface area contributed by atoms with Crippen LogP contribution in [0.25, 0.3) is 11.6 Å². The van der Waals surface area contributed by atoms with Gasteiger partial charge in [0.2, 0.25) is 11.7 Å². The molecule has 0 radical (unpaired) electrons. The van der Waals surface area contributed by atoms with E-state index in [9.17, 15) is 4.79 Å². The van der Waals surface area contributed by atoms with Gasteiger partial charge in [0.05, 0.1) is 6.26 Å². The Morgan fingerprint density at radius 1 is 1.59 bits per heavy atom. The molecular formula is C10H11N5O2. The van der Waals surface area contributed by atoms with E-state index in [2.05, 4.69) is 20.7 Å². The molecule has 7 heteroatoms. The molecule has 0 atom stereocenters. The predicted molar refractivity (Wildman–Crippen MR) is 56.7 cm³/mol. The van der Waals surface area contributed by atoms with Gasteiger partial charge in [0.15, 0.2) is 5.76 Å². The quantitative estimate of drug-likeness (QED) is 0.815. The molecule has 0 spiro atoms. The van der Waals surface area contributed by atoms with Gasteiger partial charge in [0, 0.05) is 6.04 Å². The van der Waals surface area contributed by atoms with Gasteiger partial charge in [-0.05, 0) is 30.2 Å². The van der Waals surface area contributed by atoms with Crippen LogP contribution in [-0.4, -0.2) is 32.2 Å². The molecule has 7 nitrogen and oxygen atoms in total. The standard InChI is InChI=1S/C10H11N5O2/c16-9(11-7-3-4-7)6-15-13-10(12-14-15)8-2-1-5-17-8/h1-2,5,7H,3-4,6H2,(H,11,16). The summed E-state index contributed by atoms with van der Waals surface area (Å²) in [5, 5.41) is 14.5. The van der Waals surface area contributed by atoms with Crippen LogP contribution in [0, 0.1) is 0 Å². The maximum atomic E-state index is 11.5. The van der Waals surface area contributed by atoms with E-state index in [0.29, 0.717) is 17.6 Å². The number of furan rings is 1. The molecule has 0 aliphatic heterocycles. The summed E-state index contributed by atoms with van der Waals surface area (Å²) in [7, 11) is 0. The SMILES string of the molecule is O=C(Cn1nnc(-c2ccco2)n1)NC1CC1. The van der Waals surface area contributed by atoms with Gasteiger partial charge in [0.1, 0.15) is 6.54 Å². The summed E-state index contributed by atoms with van der Waals surface area (Å²) in [6.45, 7) is 0.0875. The fourth-order valence-corrected chi connectivity index (χ4v) is 1.44. The zero-order valence-corrected chi connectivity index (χ0v) is 9.04. The molecule has 1 saturated carbocycles. The summed E-state index contributed by atoms with van der Waals surface area (Å²) in [4.78, 5) is 12.8. The van der Waals surface area contributed by atoms with Gasteiger partial charge in [-0.3, -0.25) is 4.79 Å². The Morgan fingerprint density at radius 3 is 3.18 bits per heavy atom. The third-order valence-corrected chi connectivity index (χ3v) is 2.42. The maximum absolute atomic E-state index is 11.5. The second-order valence-electron chi connectivity index (χ2n) is 3.96. The van der Waals surface area contributed by atoms with Crippen molar-refractivity contribution in [1.29, 1.82) is 0 Å². The highest BCUT2D eigenvalue weighted by Crippen LogP contribution is 2.18. The molecular weight excluding hydrogens is 222 g/mol. The third kappa shape index (κ3) is 2.32. The first-order valence-corrected chi connectivity index (χ1v) is 5.42. The van der Waals surface area contributed by atoms with Crippen molar-refractivity contribution in [2.45, 2.75) is 25.4 Å². The molecule has 88 valence electrons. The lowest BCUT2D eigenvalue weighted by molar-refractivity contribution is -0.122. The molecule has 2 heterocycles. The maximum Gasteiger partial charge on any atom is 0.243 e. The molecule has 2 aromatic heterocycles. The van der Waals surface area contributed by atoms with Crippen molar-refractivity contribution in [2.75, 3.05) is 0 Å². The Morgan fingerprint density at radius 2 is 2.47 bits per heavy atom. The van der Waals surface area contributed by atoms with Crippen molar-refractivity contribution in [3.63, 3.8) is 0 Å². The summed E-state index contributed by atoms with van der Waals surface area (Å²) in [5.41, 5.74) is 0. The van der Waals surface area contributed by atoms with Gasteiger partial charge in [0.25, 0.3) is 0 Å². The minimum absolute atomic E-state index is 0.0871. The number of aromatic nitrogens is 4. The molecule has 1 fully saturated rings. The molecule has 3 rings (SSSR count). The predicted octanol–water partition coefficient (Wildman–Crippen LogP) is 0.212. The highest BCUT2D eigenvalue weighted by Gasteiger charge is 2.23. The first-order valence-electron chi connectivity index (χ1n) is 5.42. The molecule has 0 bridgehead atoms. The van der Waals surface area contributed by atoms with Gasteiger partial charge < -0.3 is 9.73 Å². The van der Waals surface area contributed by atoms with Crippen molar-refractivity contribution < 1.29 is 9.21 Å². The van der Waals surface area contributed by atoms with Crippen LogP contribution in [0.15, 0.2) is 22.8 Å². The molecule has 0 unspecified atom stereocenters. The van der Waals surface area contributed by atoms with Crippen LogP contribution in [0.1, 0.15) is 12.8 Å². The van der Waals surface area contributed by atoms with E-state index in [4.69, 9.17) is 4.42 Å². The van der Waals surface area contributed by atoms with E-state index in [1.807, 2.05) is 0 Å². The van der Waals surface area contributed by atoms with Crippen LogP contribution in [0.3, 0.4) is 0 Å². The van der Waals surface area contributed by atoms with Crippen LogP contribution in [-0.2, 0) is 11.3 Å². The highest BCUT2D eigenvalue weighted by molar-refractivity contribution is 5.76. The second-order valence-corrected chi connectivity index (χ2v) is 3.96. The monoisotopic (exact) mass is 233 g/mol. The Kier molecular flexibility index (Phi) is 2.36. The van der Waals surface area contributed by atoms with Crippen LogP contribution >= 0.6 is 0 Å². The average Bonchev–Trinajstić information content (AvgIpc) is 2.84. The topological polar surface area (TPSA) is 85.8 Å². The summed E-state index contributed by atoms with van der Waals surface area (Å²) >= 11 is 0. The molecule has 0 saturated heterocycles. The first kappa shape index (κ1) is 10.0.